The fourth-order valence-corrected chi connectivity index (χ4v) is 2.60. The summed E-state index contributed by atoms with van der Waals surface area (Å²) in [5, 5.41) is 11.6. The molecule has 0 heterocycles. The van der Waals surface area contributed by atoms with Crippen LogP contribution in [0, 0.1) is 11.3 Å². The van der Waals surface area contributed by atoms with Crippen molar-refractivity contribution in [3.05, 3.63) is 29.8 Å². The second-order valence-corrected chi connectivity index (χ2v) is 5.85. The second-order valence-electron chi connectivity index (χ2n) is 4.15. The molecule has 0 fully saturated rings. The molecule has 0 radical (unpaired) electrons. The summed E-state index contributed by atoms with van der Waals surface area (Å²) >= 11 is 0. The molecule has 0 spiro atoms. The number of amides is 1. The van der Waals surface area contributed by atoms with Crippen LogP contribution in [0.2, 0.25) is 0 Å². The second kappa shape index (κ2) is 9.23. The van der Waals surface area contributed by atoms with Gasteiger partial charge in [-0.3, -0.25) is 9.00 Å². The van der Waals surface area contributed by atoms with Gasteiger partial charge in [0.15, 0.2) is 0 Å². The van der Waals surface area contributed by atoms with Crippen LogP contribution >= 0.6 is 0 Å². The van der Waals surface area contributed by atoms with Crippen LogP contribution in [0.3, 0.4) is 0 Å². The standard InChI is InChI=1S/C14H18N2O3S/c1-19-8-10-20(18)9-4-7-14(17)16-13-6-3-2-5-12(13)11-15/h2-3,5-6H,4,7-10H2,1H3,(H,16,17). The van der Waals surface area contributed by atoms with Gasteiger partial charge in [0.25, 0.3) is 0 Å². The fraction of sp³-hybridized carbons (Fsp3) is 0.429. The van der Waals surface area contributed by atoms with Crippen molar-refractivity contribution in [2.45, 2.75) is 12.8 Å². The van der Waals surface area contributed by atoms with Gasteiger partial charge in [-0.2, -0.15) is 5.26 Å². The third-order valence-electron chi connectivity index (χ3n) is 2.61. The predicted octanol–water partition coefficient (Wildman–Crippen LogP) is 1.67. The van der Waals surface area contributed by atoms with Gasteiger partial charge in [0.2, 0.25) is 5.91 Å². The lowest BCUT2D eigenvalue weighted by Crippen LogP contribution is -2.14. The number of hydrogen-bond donors (Lipinski definition) is 1. The summed E-state index contributed by atoms with van der Waals surface area (Å²) < 4.78 is 16.3. The Hall–Kier alpha value is -1.71. The molecule has 20 heavy (non-hydrogen) atoms. The maximum atomic E-state index is 11.7. The van der Waals surface area contributed by atoms with Gasteiger partial charge < -0.3 is 10.1 Å². The first-order valence-corrected chi connectivity index (χ1v) is 7.79. The van der Waals surface area contributed by atoms with Crippen LogP contribution in [-0.2, 0) is 20.3 Å². The van der Waals surface area contributed by atoms with E-state index >= 15 is 0 Å². The lowest BCUT2D eigenvalue weighted by molar-refractivity contribution is -0.116. The average molecular weight is 294 g/mol. The Morgan fingerprint density at radius 1 is 1.40 bits per heavy atom. The highest BCUT2D eigenvalue weighted by Gasteiger charge is 2.07. The molecule has 1 aromatic rings. The summed E-state index contributed by atoms with van der Waals surface area (Å²) in [6.07, 6.45) is 0.843. The smallest absolute Gasteiger partial charge is 0.224 e. The zero-order valence-electron chi connectivity index (χ0n) is 11.4. The van der Waals surface area contributed by atoms with Crippen molar-refractivity contribution in [3.8, 4) is 6.07 Å². The van der Waals surface area contributed by atoms with E-state index in [-0.39, 0.29) is 5.91 Å². The molecule has 108 valence electrons. The largest absolute Gasteiger partial charge is 0.384 e. The quantitative estimate of drug-likeness (QED) is 0.791. The fourth-order valence-electron chi connectivity index (χ4n) is 1.57. The number of nitriles is 1. The summed E-state index contributed by atoms with van der Waals surface area (Å²) in [6, 6.07) is 8.86. The topological polar surface area (TPSA) is 79.2 Å². The minimum Gasteiger partial charge on any atom is -0.384 e. The van der Waals surface area contributed by atoms with Crippen LogP contribution in [-0.4, -0.2) is 35.3 Å². The molecular formula is C14H18N2O3S. The molecular weight excluding hydrogens is 276 g/mol. The van der Waals surface area contributed by atoms with Crippen LogP contribution in [0.15, 0.2) is 24.3 Å². The van der Waals surface area contributed by atoms with Gasteiger partial charge in [-0.1, -0.05) is 12.1 Å². The van der Waals surface area contributed by atoms with Gasteiger partial charge in [0, 0.05) is 35.8 Å². The van der Waals surface area contributed by atoms with Crippen molar-refractivity contribution in [1.82, 2.24) is 0 Å². The first-order valence-electron chi connectivity index (χ1n) is 6.30. The van der Waals surface area contributed by atoms with E-state index in [1.165, 1.54) is 0 Å². The molecule has 0 aromatic heterocycles. The van der Waals surface area contributed by atoms with Crippen molar-refractivity contribution in [1.29, 1.82) is 5.26 Å². The van der Waals surface area contributed by atoms with Gasteiger partial charge >= 0.3 is 0 Å². The van der Waals surface area contributed by atoms with E-state index in [1.54, 1.807) is 31.4 Å². The van der Waals surface area contributed by atoms with Crippen LogP contribution in [0.1, 0.15) is 18.4 Å². The number of anilines is 1. The zero-order chi connectivity index (χ0) is 14.8. The normalized spacial score (nSPS) is 11.6. The molecule has 1 atom stereocenters. The van der Waals surface area contributed by atoms with Crippen molar-refractivity contribution in [3.63, 3.8) is 0 Å². The maximum Gasteiger partial charge on any atom is 0.224 e. The minimum atomic E-state index is -0.946. The highest BCUT2D eigenvalue weighted by Crippen LogP contribution is 2.13. The van der Waals surface area contributed by atoms with Gasteiger partial charge in [0.1, 0.15) is 6.07 Å². The molecule has 1 amide bonds. The van der Waals surface area contributed by atoms with Crippen molar-refractivity contribution < 1.29 is 13.7 Å². The van der Waals surface area contributed by atoms with Crippen LogP contribution < -0.4 is 5.32 Å². The average Bonchev–Trinajstić information content (AvgIpc) is 2.45. The Labute approximate surface area is 121 Å². The van der Waals surface area contributed by atoms with Gasteiger partial charge in [-0.05, 0) is 18.6 Å². The number of rotatable bonds is 8. The number of para-hydroxylation sites is 1. The van der Waals surface area contributed by atoms with E-state index in [0.717, 1.165) is 0 Å². The van der Waals surface area contributed by atoms with Gasteiger partial charge in [-0.25, -0.2) is 0 Å². The highest BCUT2D eigenvalue weighted by molar-refractivity contribution is 7.84. The van der Waals surface area contributed by atoms with E-state index in [2.05, 4.69) is 5.32 Å². The van der Waals surface area contributed by atoms with E-state index in [9.17, 15) is 9.00 Å². The Balaban J connectivity index is 2.34. The molecule has 0 aliphatic heterocycles. The molecule has 0 aliphatic carbocycles. The maximum absolute atomic E-state index is 11.7. The van der Waals surface area contributed by atoms with E-state index in [1.807, 2.05) is 6.07 Å². The Morgan fingerprint density at radius 2 is 2.15 bits per heavy atom. The summed E-state index contributed by atoms with van der Waals surface area (Å²) in [5.41, 5.74) is 0.949. The van der Waals surface area contributed by atoms with E-state index in [0.29, 0.717) is 42.2 Å². The van der Waals surface area contributed by atoms with Crippen LogP contribution in [0.5, 0.6) is 0 Å². The Kier molecular flexibility index (Phi) is 7.55. The van der Waals surface area contributed by atoms with Crippen LogP contribution in [0.25, 0.3) is 0 Å². The van der Waals surface area contributed by atoms with Crippen LogP contribution in [0.4, 0.5) is 5.69 Å². The zero-order valence-corrected chi connectivity index (χ0v) is 12.2. The molecule has 0 bridgehead atoms. The predicted molar refractivity (Wildman–Crippen MR) is 78.8 cm³/mol. The van der Waals surface area contributed by atoms with E-state index in [4.69, 9.17) is 10.00 Å². The molecule has 6 heteroatoms. The molecule has 0 saturated heterocycles. The minimum absolute atomic E-state index is 0.170. The number of carbonyl (C=O) groups excluding carboxylic acids is 1. The van der Waals surface area contributed by atoms with Gasteiger partial charge in [0.05, 0.1) is 17.9 Å². The van der Waals surface area contributed by atoms with Crippen molar-refractivity contribution in [2.75, 3.05) is 30.5 Å². The highest BCUT2D eigenvalue weighted by atomic mass is 32.2. The van der Waals surface area contributed by atoms with Gasteiger partial charge in [-0.15, -0.1) is 0 Å². The molecule has 0 aliphatic rings. The summed E-state index contributed by atoms with van der Waals surface area (Å²) in [5.74, 6) is 0.808. The SMILES string of the molecule is COCCS(=O)CCCC(=O)Nc1ccccc1C#N. The lowest BCUT2D eigenvalue weighted by atomic mass is 10.2. The number of nitrogens with zero attached hydrogens (tertiary/aromatic N) is 1. The van der Waals surface area contributed by atoms with E-state index < -0.39 is 10.8 Å². The number of benzene rings is 1. The number of ether oxygens (including phenoxy) is 1. The first-order chi connectivity index (χ1) is 9.67. The summed E-state index contributed by atoms with van der Waals surface area (Å²) in [4.78, 5) is 11.7. The molecule has 0 saturated carbocycles. The Morgan fingerprint density at radius 3 is 2.85 bits per heavy atom. The molecule has 1 aromatic carbocycles. The molecule has 1 unspecified atom stereocenters. The first kappa shape index (κ1) is 16.3. The lowest BCUT2D eigenvalue weighted by Gasteiger charge is -2.06. The number of carbonyl (C=O) groups is 1. The molecule has 1 N–H and O–H groups in total. The third kappa shape index (κ3) is 5.95. The molecule has 5 nitrogen and oxygen atoms in total. The number of hydrogen-bond acceptors (Lipinski definition) is 4. The Bertz CT molecular complexity index is 511. The monoisotopic (exact) mass is 294 g/mol. The van der Waals surface area contributed by atoms with Crippen molar-refractivity contribution >= 4 is 22.4 Å². The number of methoxy groups -OCH3 is 1. The third-order valence-corrected chi connectivity index (χ3v) is 3.98. The summed E-state index contributed by atoms with van der Waals surface area (Å²) in [6.45, 7) is 0.467. The molecule has 1 rings (SSSR count). The summed E-state index contributed by atoms with van der Waals surface area (Å²) in [7, 11) is 0.621. The number of nitrogens with one attached hydrogen (secondary N) is 1. The van der Waals surface area contributed by atoms with Crippen molar-refractivity contribution in [2.24, 2.45) is 0 Å².